The van der Waals surface area contributed by atoms with Crippen molar-refractivity contribution in [1.82, 2.24) is 10.2 Å². The summed E-state index contributed by atoms with van der Waals surface area (Å²) in [6, 6.07) is 5.90. The lowest BCUT2D eigenvalue weighted by atomic mass is 9.95. The van der Waals surface area contributed by atoms with Gasteiger partial charge in [0.1, 0.15) is 12.4 Å². The Hall–Kier alpha value is -0.970. The predicted molar refractivity (Wildman–Crippen MR) is 85.4 cm³/mol. The van der Waals surface area contributed by atoms with Gasteiger partial charge in [0.05, 0.1) is 5.92 Å². The van der Waals surface area contributed by atoms with Crippen LogP contribution in [0.25, 0.3) is 0 Å². The number of halogens is 2. The first-order valence-corrected chi connectivity index (χ1v) is 7.41. The summed E-state index contributed by atoms with van der Waals surface area (Å²) < 4.78 is 5.70. The normalized spacial score (nSPS) is 23.7. The van der Waals surface area contributed by atoms with E-state index in [0.717, 1.165) is 30.8 Å². The molecule has 0 aliphatic carbocycles. The molecule has 1 saturated heterocycles. The second-order valence-electron chi connectivity index (χ2n) is 5.56. The number of carbonyl (C=O) groups excluding carboxylic acids is 1. The summed E-state index contributed by atoms with van der Waals surface area (Å²) in [5.74, 6) is 0.916. The van der Waals surface area contributed by atoms with Crippen molar-refractivity contribution in [1.29, 1.82) is 0 Å². The summed E-state index contributed by atoms with van der Waals surface area (Å²) in [6.45, 7) is 2.33. The first-order chi connectivity index (χ1) is 9.65. The van der Waals surface area contributed by atoms with Crippen LogP contribution in [0.15, 0.2) is 18.2 Å². The van der Waals surface area contributed by atoms with Gasteiger partial charge in [0, 0.05) is 24.7 Å². The van der Waals surface area contributed by atoms with Crippen molar-refractivity contribution >= 4 is 29.9 Å². The standard InChI is InChI=1S/C15H19ClN2O2.ClH/c1-18(13-4-5-17-8-13)15(19)11-6-10-7-12(16)2-3-14(10)20-9-11;/h2-3,7,11,13,17H,4-6,8-9H2,1H3;1H. The van der Waals surface area contributed by atoms with E-state index in [2.05, 4.69) is 5.32 Å². The number of benzene rings is 1. The van der Waals surface area contributed by atoms with E-state index in [9.17, 15) is 4.79 Å². The molecule has 1 aromatic rings. The molecule has 1 N–H and O–H groups in total. The molecule has 2 aliphatic rings. The van der Waals surface area contributed by atoms with E-state index in [4.69, 9.17) is 16.3 Å². The molecule has 0 saturated carbocycles. The summed E-state index contributed by atoms with van der Waals surface area (Å²) in [4.78, 5) is 14.4. The molecule has 0 aromatic heterocycles. The molecular weight excluding hydrogens is 311 g/mol. The largest absolute Gasteiger partial charge is 0.492 e. The van der Waals surface area contributed by atoms with E-state index < -0.39 is 0 Å². The maximum absolute atomic E-state index is 12.6. The highest BCUT2D eigenvalue weighted by atomic mass is 35.5. The highest BCUT2D eigenvalue weighted by Crippen LogP contribution is 2.30. The van der Waals surface area contributed by atoms with E-state index in [1.807, 2.05) is 30.1 Å². The molecule has 4 nitrogen and oxygen atoms in total. The zero-order valence-electron chi connectivity index (χ0n) is 12.0. The molecule has 6 heteroatoms. The Kier molecular flexibility index (Phi) is 5.36. The fraction of sp³-hybridized carbons (Fsp3) is 0.533. The maximum Gasteiger partial charge on any atom is 0.229 e. The second kappa shape index (κ2) is 6.86. The zero-order chi connectivity index (χ0) is 14.1. The average Bonchev–Trinajstić information content (AvgIpc) is 2.99. The molecule has 2 unspecified atom stereocenters. The van der Waals surface area contributed by atoms with Gasteiger partial charge in [-0.25, -0.2) is 0 Å². The van der Waals surface area contributed by atoms with E-state index in [1.54, 1.807) is 0 Å². The van der Waals surface area contributed by atoms with Gasteiger partial charge in [-0.05, 0) is 43.1 Å². The molecule has 2 heterocycles. The van der Waals surface area contributed by atoms with Gasteiger partial charge in [0.25, 0.3) is 0 Å². The maximum atomic E-state index is 12.6. The lowest BCUT2D eigenvalue weighted by Gasteiger charge is -2.31. The molecule has 0 bridgehead atoms. The lowest BCUT2D eigenvalue weighted by molar-refractivity contribution is -0.137. The van der Waals surface area contributed by atoms with Gasteiger partial charge < -0.3 is 15.0 Å². The van der Waals surface area contributed by atoms with Crippen LogP contribution in [0.2, 0.25) is 5.02 Å². The molecule has 2 aliphatic heterocycles. The van der Waals surface area contributed by atoms with Crippen molar-refractivity contribution in [3.05, 3.63) is 28.8 Å². The van der Waals surface area contributed by atoms with Crippen LogP contribution in [0.3, 0.4) is 0 Å². The van der Waals surface area contributed by atoms with E-state index in [1.165, 1.54) is 0 Å². The fourth-order valence-corrected chi connectivity index (χ4v) is 3.15. The summed E-state index contributed by atoms with van der Waals surface area (Å²) in [7, 11) is 1.90. The van der Waals surface area contributed by atoms with E-state index >= 15 is 0 Å². The molecule has 0 radical (unpaired) electrons. The van der Waals surface area contributed by atoms with Crippen LogP contribution in [0.5, 0.6) is 5.75 Å². The van der Waals surface area contributed by atoms with Crippen LogP contribution < -0.4 is 10.1 Å². The molecule has 3 rings (SSSR count). The Morgan fingerprint density at radius 3 is 3.00 bits per heavy atom. The van der Waals surface area contributed by atoms with Gasteiger partial charge >= 0.3 is 0 Å². The number of carbonyl (C=O) groups is 1. The summed E-state index contributed by atoms with van der Waals surface area (Å²) in [5.41, 5.74) is 1.03. The molecule has 116 valence electrons. The zero-order valence-corrected chi connectivity index (χ0v) is 13.5. The molecule has 2 atom stereocenters. The molecule has 0 spiro atoms. The monoisotopic (exact) mass is 330 g/mol. The predicted octanol–water partition coefficient (Wildman–Crippen LogP) is 2.13. The first kappa shape index (κ1) is 16.4. The van der Waals surface area contributed by atoms with Crippen LogP contribution in [-0.2, 0) is 11.2 Å². The Bertz CT molecular complexity index is 518. The van der Waals surface area contributed by atoms with E-state index in [0.29, 0.717) is 24.1 Å². The quantitative estimate of drug-likeness (QED) is 0.903. The Morgan fingerprint density at radius 2 is 2.29 bits per heavy atom. The average molecular weight is 331 g/mol. The summed E-state index contributed by atoms with van der Waals surface area (Å²) in [5, 5.41) is 3.98. The van der Waals surface area contributed by atoms with E-state index in [-0.39, 0.29) is 24.2 Å². The van der Waals surface area contributed by atoms with Crippen LogP contribution in [0.4, 0.5) is 0 Å². The third-order valence-corrected chi connectivity index (χ3v) is 4.44. The van der Waals surface area contributed by atoms with Crippen molar-refractivity contribution in [2.24, 2.45) is 5.92 Å². The first-order valence-electron chi connectivity index (χ1n) is 7.04. The molecule has 1 aromatic carbocycles. The summed E-state index contributed by atoms with van der Waals surface area (Å²) in [6.07, 6.45) is 1.73. The smallest absolute Gasteiger partial charge is 0.229 e. The minimum Gasteiger partial charge on any atom is -0.492 e. The number of hydrogen-bond acceptors (Lipinski definition) is 3. The van der Waals surface area contributed by atoms with Gasteiger partial charge in [0.15, 0.2) is 0 Å². The number of likely N-dealkylation sites (N-methyl/N-ethyl adjacent to an activating group) is 1. The topological polar surface area (TPSA) is 41.6 Å². The van der Waals surface area contributed by atoms with Crippen molar-refractivity contribution in [3.8, 4) is 5.75 Å². The van der Waals surface area contributed by atoms with Crippen molar-refractivity contribution in [2.45, 2.75) is 18.9 Å². The van der Waals surface area contributed by atoms with Gasteiger partial charge in [0.2, 0.25) is 5.91 Å². The number of ether oxygens (including phenoxy) is 1. The molecule has 1 amide bonds. The van der Waals surface area contributed by atoms with Gasteiger partial charge in [-0.3, -0.25) is 4.79 Å². The Labute approximate surface area is 136 Å². The van der Waals surface area contributed by atoms with Gasteiger partial charge in [-0.2, -0.15) is 0 Å². The fourth-order valence-electron chi connectivity index (χ4n) is 2.96. The highest BCUT2D eigenvalue weighted by molar-refractivity contribution is 6.30. The number of rotatable bonds is 2. The third kappa shape index (κ3) is 3.44. The Morgan fingerprint density at radius 1 is 1.48 bits per heavy atom. The SMILES string of the molecule is CN(C(=O)C1COc2ccc(Cl)cc2C1)C1CCNC1.Cl. The van der Waals surface area contributed by atoms with Crippen LogP contribution in [0, 0.1) is 5.92 Å². The third-order valence-electron chi connectivity index (χ3n) is 4.21. The van der Waals surface area contributed by atoms with Crippen LogP contribution >= 0.6 is 24.0 Å². The van der Waals surface area contributed by atoms with Gasteiger partial charge in [-0.1, -0.05) is 11.6 Å². The highest BCUT2D eigenvalue weighted by Gasteiger charge is 2.32. The van der Waals surface area contributed by atoms with Crippen LogP contribution in [0.1, 0.15) is 12.0 Å². The van der Waals surface area contributed by atoms with Crippen LogP contribution in [-0.4, -0.2) is 43.6 Å². The number of nitrogens with one attached hydrogen (secondary N) is 1. The molecular formula is C15H20Cl2N2O2. The van der Waals surface area contributed by atoms with Gasteiger partial charge in [-0.15, -0.1) is 12.4 Å². The van der Waals surface area contributed by atoms with Crippen molar-refractivity contribution < 1.29 is 9.53 Å². The van der Waals surface area contributed by atoms with Crippen molar-refractivity contribution in [2.75, 3.05) is 26.7 Å². The lowest BCUT2D eigenvalue weighted by Crippen LogP contribution is -2.44. The molecule has 1 fully saturated rings. The van der Waals surface area contributed by atoms with Crippen molar-refractivity contribution in [3.63, 3.8) is 0 Å². The second-order valence-corrected chi connectivity index (χ2v) is 6.00. The minimum atomic E-state index is -0.105. The number of nitrogens with zero attached hydrogens (tertiary/aromatic N) is 1. The Balaban J connectivity index is 0.00000161. The number of fused-ring (bicyclic) bond motifs is 1. The number of amides is 1. The summed E-state index contributed by atoms with van der Waals surface area (Å²) >= 11 is 6.01. The minimum absolute atomic E-state index is 0. The number of hydrogen-bond donors (Lipinski definition) is 1. The molecule has 21 heavy (non-hydrogen) atoms.